The van der Waals surface area contributed by atoms with Crippen molar-refractivity contribution in [2.45, 2.75) is 39.3 Å². The number of hydrogen-bond acceptors (Lipinski definition) is 2. The molecule has 0 fully saturated rings. The smallest absolute Gasteiger partial charge is 0.404 e. The molecule has 0 bridgehead atoms. The van der Waals surface area contributed by atoms with E-state index in [1.165, 1.54) is 5.19 Å². The normalized spacial score (nSPS) is 13.5. The maximum atomic E-state index is 11.1. The van der Waals surface area contributed by atoms with Gasteiger partial charge in [0.1, 0.15) is 5.75 Å². The fourth-order valence-corrected chi connectivity index (χ4v) is 8.11. The standard InChI is InChI=1S/C12H23O4PSi2/c1-18(2,3)11-9-7-8-10(16-17(13,14)15)12(11)19(4,5)6/h7-9H,1-6H3,(H2,13,14,15). The lowest BCUT2D eigenvalue weighted by Crippen LogP contribution is -2.56. The van der Waals surface area contributed by atoms with Gasteiger partial charge >= 0.3 is 7.82 Å². The molecule has 1 aromatic carbocycles. The van der Waals surface area contributed by atoms with Crippen LogP contribution in [0.4, 0.5) is 0 Å². The predicted molar refractivity (Wildman–Crippen MR) is 85.1 cm³/mol. The third kappa shape index (κ3) is 4.58. The van der Waals surface area contributed by atoms with Crippen molar-refractivity contribution in [2.75, 3.05) is 0 Å². The van der Waals surface area contributed by atoms with E-state index in [1.807, 2.05) is 6.07 Å². The molecule has 1 rings (SSSR count). The lowest BCUT2D eigenvalue weighted by atomic mass is 10.3. The summed E-state index contributed by atoms with van der Waals surface area (Å²) in [5.41, 5.74) is 0. The van der Waals surface area contributed by atoms with Gasteiger partial charge in [0.25, 0.3) is 0 Å². The summed E-state index contributed by atoms with van der Waals surface area (Å²) in [4.78, 5) is 18.1. The lowest BCUT2D eigenvalue weighted by Gasteiger charge is -2.29. The van der Waals surface area contributed by atoms with Crippen molar-refractivity contribution >= 4 is 34.3 Å². The van der Waals surface area contributed by atoms with E-state index >= 15 is 0 Å². The van der Waals surface area contributed by atoms with Crippen molar-refractivity contribution in [3.05, 3.63) is 18.2 Å². The Morgan fingerprint density at radius 1 is 1.00 bits per heavy atom. The average Bonchev–Trinajstić information content (AvgIpc) is 2.11. The molecule has 108 valence electrons. The van der Waals surface area contributed by atoms with E-state index < -0.39 is 24.0 Å². The maximum Gasteiger partial charge on any atom is 0.524 e. The lowest BCUT2D eigenvalue weighted by molar-refractivity contribution is 0.284. The highest BCUT2D eigenvalue weighted by Crippen LogP contribution is 2.37. The van der Waals surface area contributed by atoms with Gasteiger partial charge in [0.15, 0.2) is 0 Å². The molecular formula is C12H23O4PSi2. The molecule has 0 aliphatic rings. The molecule has 0 aromatic heterocycles. The Bertz CT molecular complexity index is 511. The van der Waals surface area contributed by atoms with Crippen LogP contribution in [0.15, 0.2) is 18.2 Å². The summed E-state index contributed by atoms with van der Waals surface area (Å²) < 4.78 is 16.1. The summed E-state index contributed by atoms with van der Waals surface area (Å²) >= 11 is 0. The van der Waals surface area contributed by atoms with Gasteiger partial charge in [-0.15, -0.1) is 0 Å². The summed E-state index contributed by atoms with van der Waals surface area (Å²) in [5.74, 6) is 0.354. The minimum atomic E-state index is -4.52. The average molecular weight is 318 g/mol. The highest BCUT2D eigenvalue weighted by molar-refractivity contribution is 7.46. The van der Waals surface area contributed by atoms with Crippen molar-refractivity contribution < 1.29 is 18.9 Å². The van der Waals surface area contributed by atoms with Gasteiger partial charge in [0, 0.05) is 0 Å². The van der Waals surface area contributed by atoms with E-state index in [0.29, 0.717) is 5.75 Å². The SMILES string of the molecule is C[Si](C)(C)c1cccc(OP(=O)(O)O)c1[Si](C)(C)C. The molecule has 1 aromatic rings. The topological polar surface area (TPSA) is 66.8 Å². The van der Waals surface area contributed by atoms with Gasteiger partial charge in [-0.2, -0.15) is 0 Å². The number of phosphoric acid groups is 1. The first-order valence-corrected chi connectivity index (χ1v) is 14.7. The third-order valence-corrected chi connectivity index (χ3v) is 7.53. The van der Waals surface area contributed by atoms with Crippen LogP contribution in [-0.2, 0) is 4.57 Å². The number of rotatable bonds is 4. The van der Waals surface area contributed by atoms with Crippen molar-refractivity contribution in [3.8, 4) is 5.75 Å². The van der Waals surface area contributed by atoms with Gasteiger partial charge in [-0.25, -0.2) is 4.57 Å². The van der Waals surface area contributed by atoms with Crippen molar-refractivity contribution in [2.24, 2.45) is 0 Å². The Balaban J connectivity index is 3.53. The van der Waals surface area contributed by atoms with Gasteiger partial charge in [0.05, 0.1) is 16.1 Å². The number of phosphoric ester groups is 1. The molecule has 0 amide bonds. The third-order valence-electron chi connectivity index (χ3n) is 2.80. The molecule has 0 spiro atoms. The molecule has 7 heteroatoms. The first-order chi connectivity index (χ1) is 8.32. The fraction of sp³-hybridized carbons (Fsp3) is 0.500. The fourth-order valence-electron chi connectivity index (χ4n) is 2.13. The van der Waals surface area contributed by atoms with Crippen molar-refractivity contribution in [1.29, 1.82) is 0 Å². The monoisotopic (exact) mass is 318 g/mol. The highest BCUT2D eigenvalue weighted by atomic mass is 31.2. The molecule has 0 saturated heterocycles. The summed E-state index contributed by atoms with van der Waals surface area (Å²) in [6, 6.07) is 5.56. The molecule has 4 nitrogen and oxygen atoms in total. The molecule has 0 unspecified atom stereocenters. The Morgan fingerprint density at radius 2 is 1.53 bits per heavy atom. The zero-order chi connectivity index (χ0) is 15.1. The van der Waals surface area contributed by atoms with Crippen LogP contribution in [0.2, 0.25) is 39.3 Å². The Morgan fingerprint density at radius 3 is 1.89 bits per heavy atom. The van der Waals surface area contributed by atoms with Crippen LogP contribution in [0, 0.1) is 0 Å². The van der Waals surface area contributed by atoms with Crippen LogP contribution in [0.25, 0.3) is 0 Å². The summed E-state index contributed by atoms with van der Waals surface area (Å²) in [6.45, 7) is 13.2. The van der Waals surface area contributed by atoms with Crippen molar-refractivity contribution in [3.63, 3.8) is 0 Å². The Kier molecular flexibility index (Phi) is 4.54. The predicted octanol–water partition coefficient (Wildman–Crippen LogP) is 2.25. The number of benzene rings is 1. The summed E-state index contributed by atoms with van der Waals surface area (Å²) in [6.07, 6.45) is 0. The molecule has 0 saturated carbocycles. The Hall–Kier alpha value is -0.396. The van der Waals surface area contributed by atoms with E-state index in [2.05, 4.69) is 45.3 Å². The van der Waals surface area contributed by atoms with E-state index in [0.717, 1.165) is 5.19 Å². The minimum absolute atomic E-state index is 0.354. The Labute approximate surface area is 117 Å². The first kappa shape index (κ1) is 16.7. The zero-order valence-corrected chi connectivity index (χ0v) is 15.3. The van der Waals surface area contributed by atoms with Crippen LogP contribution in [-0.4, -0.2) is 25.9 Å². The second kappa shape index (κ2) is 5.18. The second-order valence-corrected chi connectivity index (χ2v) is 18.0. The molecule has 2 N–H and O–H groups in total. The van der Waals surface area contributed by atoms with E-state index in [9.17, 15) is 4.57 Å². The highest BCUT2D eigenvalue weighted by Gasteiger charge is 2.32. The van der Waals surface area contributed by atoms with Crippen LogP contribution in [0.3, 0.4) is 0 Å². The number of hydrogen-bond donors (Lipinski definition) is 2. The second-order valence-electron chi connectivity index (χ2n) is 6.76. The van der Waals surface area contributed by atoms with Gasteiger partial charge in [0.2, 0.25) is 0 Å². The van der Waals surface area contributed by atoms with Crippen LogP contribution < -0.4 is 14.9 Å². The van der Waals surface area contributed by atoms with Gasteiger partial charge < -0.3 is 4.52 Å². The largest absolute Gasteiger partial charge is 0.524 e. The quantitative estimate of drug-likeness (QED) is 0.660. The first-order valence-electron chi connectivity index (χ1n) is 6.21. The van der Waals surface area contributed by atoms with E-state index in [-0.39, 0.29) is 0 Å². The molecule has 0 aliphatic carbocycles. The summed E-state index contributed by atoms with van der Waals surface area (Å²) in [5, 5.41) is 2.27. The molecule has 0 radical (unpaired) electrons. The zero-order valence-electron chi connectivity index (χ0n) is 12.4. The van der Waals surface area contributed by atoms with E-state index in [1.54, 1.807) is 6.07 Å². The van der Waals surface area contributed by atoms with Crippen LogP contribution >= 0.6 is 7.82 Å². The molecule has 19 heavy (non-hydrogen) atoms. The summed E-state index contributed by atoms with van der Waals surface area (Å²) in [7, 11) is -7.88. The minimum Gasteiger partial charge on any atom is -0.404 e. The van der Waals surface area contributed by atoms with Gasteiger partial charge in [-0.3, -0.25) is 9.79 Å². The van der Waals surface area contributed by atoms with Gasteiger partial charge in [-0.05, 0) is 11.3 Å². The van der Waals surface area contributed by atoms with Crippen molar-refractivity contribution in [1.82, 2.24) is 0 Å². The van der Waals surface area contributed by atoms with Gasteiger partial charge in [-0.1, -0.05) is 56.6 Å². The molecular weight excluding hydrogens is 295 g/mol. The molecule has 0 heterocycles. The van der Waals surface area contributed by atoms with Crippen LogP contribution in [0.5, 0.6) is 5.75 Å². The molecule has 0 atom stereocenters. The maximum absolute atomic E-state index is 11.1. The van der Waals surface area contributed by atoms with Crippen LogP contribution in [0.1, 0.15) is 0 Å². The van der Waals surface area contributed by atoms with E-state index in [4.69, 9.17) is 14.3 Å². The molecule has 0 aliphatic heterocycles.